The number of benzene rings is 2. The monoisotopic (exact) mass is 417 g/mol. The zero-order valence-electron chi connectivity index (χ0n) is 14.2. The number of aliphatic carboxylic acids is 1. The van der Waals surface area contributed by atoms with Gasteiger partial charge in [0.2, 0.25) is 10.0 Å². The van der Waals surface area contributed by atoms with Crippen LogP contribution in [0.4, 0.5) is 8.78 Å². The molecule has 146 valence electrons. The highest BCUT2D eigenvalue weighted by molar-refractivity contribution is 7.99. The molecule has 2 aromatic rings. The molecular weight excluding hydrogens is 400 g/mol. The maximum atomic E-state index is 13.8. The van der Waals surface area contributed by atoms with Crippen LogP contribution in [0.2, 0.25) is 0 Å². The van der Waals surface area contributed by atoms with Gasteiger partial charge < -0.3 is 9.84 Å². The van der Waals surface area contributed by atoms with Gasteiger partial charge in [0, 0.05) is 17.2 Å². The SMILES string of the molecule is Cc1ccc(S(=O)(=O)NCCSc2cc(F)c(OCC(=O)O)c(F)c2)cc1. The lowest BCUT2D eigenvalue weighted by molar-refractivity contribution is -0.139. The lowest BCUT2D eigenvalue weighted by Gasteiger charge is -2.09. The van der Waals surface area contributed by atoms with Crippen LogP contribution in [0, 0.1) is 18.6 Å². The molecule has 2 N–H and O–H groups in total. The van der Waals surface area contributed by atoms with Crippen LogP contribution >= 0.6 is 11.8 Å². The van der Waals surface area contributed by atoms with Crippen LogP contribution in [0.3, 0.4) is 0 Å². The van der Waals surface area contributed by atoms with Crippen molar-refractivity contribution in [2.45, 2.75) is 16.7 Å². The number of thioether (sulfide) groups is 1. The van der Waals surface area contributed by atoms with Crippen molar-refractivity contribution in [3.63, 3.8) is 0 Å². The van der Waals surface area contributed by atoms with Gasteiger partial charge in [0.15, 0.2) is 24.0 Å². The Morgan fingerprint density at radius 1 is 1.19 bits per heavy atom. The molecule has 0 saturated carbocycles. The number of sulfonamides is 1. The maximum Gasteiger partial charge on any atom is 0.341 e. The molecule has 0 spiro atoms. The van der Waals surface area contributed by atoms with Crippen LogP contribution < -0.4 is 9.46 Å². The Bertz CT molecular complexity index is 894. The van der Waals surface area contributed by atoms with Gasteiger partial charge in [-0.25, -0.2) is 26.7 Å². The average molecular weight is 417 g/mol. The van der Waals surface area contributed by atoms with Crippen molar-refractivity contribution in [3.05, 3.63) is 53.6 Å². The van der Waals surface area contributed by atoms with Crippen LogP contribution in [0.1, 0.15) is 5.56 Å². The third kappa shape index (κ3) is 6.19. The van der Waals surface area contributed by atoms with E-state index in [1.165, 1.54) is 12.1 Å². The van der Waals surface area contributed by atoms with Crippen molar-refractivity contribution in [2.75, 3.05) is 18.9 Å². The van der Waals surface area contributed by atoms with Crippen molar-refractivity contribution in [3.8, 4) is 5.75 Å². The molecule has 0 aliphatic rings. The number of hydrogen-bond acceptors (Lipinski definition) is 5. The molecule has 0 fully saturated rings. The molecule has 2 aromatic carbocycles. The minimum atomic E-state index is -3.66. The number of rotatable bonds is 9. The van der Waals surface area contributed by atoms with Crippen molar-refractivity contribution in [1.29, 1.82) is 0 Å². The Kier molecular flexibility index (Phi) is 7.17. The van der Waals surface area contributed by atoms with Crippen molar-refractivity contribution in [1.82, 2.24) is 4.72 Å². The van der Waals surface area contributed by atoms with Crippen molar-refractivity contribution in [2.24, 2.45) is 0 Å². The lowest BCUT2D eigenvalue weighted by atomic mass is 10.2. The molecule has 27 heavy (non-hydrogen) atoms. The highest BCUT2D eigenvalue weighted by Gasteiger charge is 2.15. The predicted molar refractivity (Wildman–Crippen MR) is 96.6 cm³/mol. The van der Waals surface area contributed by atoms with Crippen LogP contribution in [0.5, 0.6) is 5.75 Å². The molecule has 0 saturated heterocycles. The summed E-state index contributed by atoms with van der Waals surface area (Å²) in [6.45, 7) is 1.04. The summed E-state index contributed by atoms with van der Waals surface area (Å²) in [6.07, 6.45) is 0. The first-order valence-electron chi connectivity index (χ1n) is 7.72. The van der Waals surface area contributed by atoms with E-state index in [4.69, 9.17) is 5.11 Å². The fraction of sp³-hybridized carbons (Fsp3) is 0.235. The molecule has 2 rings (SSSR count). The molecule has 0 aromatic heterocycles. The highest BCUT2D eigenvalue weighted by atomic mass is 32.2. The summed E-state index contributed by atoms with van der Waals surface area (Å²) in [4.78, 5) is 10.8. The first kappa shape index (κ1) is 21.1. The Labute approximate surface area is 159 Å². The van der Waals surface area contributed by atoms with Crippen LogP contribution in [-0.2, 0) is 14.8 Å². The van der Waals surface area contributed by atoms with Gasteiger partial charge in [-0.05, 0) is 31.2 Å². The minimum absolute atomic E-state index is 0.0569. The number of carbonyl (C=O) groups is 1. The molecule has 0 heterocycles. The molecule has 6 nitrogen and oxygen atoms in total. The normalized spacial score (nSPS) is 11.4. The van der Waals surface area contributed by atoms with Gasteiger partial charge in [0.25, 0.3) is 0 Å². The van der Waals surface area contributed by atoms with Crippen molar-refractivity contribution < 1.29 is 31.8 Å². The molecule has 0 unspecified atom stereocenters. The van der Waals surface area contributed by atoms with Gasteiger partial charge in [-0.3, -0.25) is 0 Å². The molecular formula is C17H17F2NO5S2. The van der Waals surface area contributed by atoms with Gasteiger partial charge in [-0.1, -0.05) is 17.7 Å². The van der Waals surface area contributed by atoms with Crippen LogP contribution in [0.15, 0.2) is 46.2 Å². The number of hydrogen-bond donors (Lipinski definition) is 2. The third-order valence-electron chi connectivity index (χ3n) is 3.31. The number of ether oxygens (including phenoxy) is 1. The van der Waals surface area contributed by atoms with Gasteiger partial charge in [0.1, 0.15) is 0 Å². The first-order chi connectivity index (χ1) is 12.7. The fourth-order valence-electron chi connectivity index (χ4n) is 2.04. The summed E-state index contributed by atoms with van der Waals surface area (Å²) in [6, 6.07) is 8.35. The summed E-state index contributed by atoms with van der Waals surface area (Å²) >= 11 is 1.04. The smallest absolute Gasteiger partial charge is 0.341 e. The molecule has 10 heteroatoms. The topological polar surface area (TPSA) is 92.7 Å². The van der Waals surface area contributed by atoms with Gasteiger partial charge in [-0.2, -0.15) is 0 Å². The summed E-state index contributed by atoms with van der Waals surface area (Å²) in [5, 5.41) is 8.49. The average Bonchev–Trinajstić information content (AvgIpc) is 2.58. The zero-order valence-corrected chi connectivity index (χ0v) is 15.9. The largest absolute Gasteiger partial charge is 0.479 e. The van der Waals surface area contributed by atoms with E-state index in [0.717, 1.165) is 29.5 Å². The molecule has 0 aliphatic carbocycles. The molecule has 0 atom stereocenters. The van der Waals surface area contributed by atoms with Crippen molar-refractivity contribution >= 4 is 27.8 Å². The Balaban J connectivity index is 1.91. The highest BCUT2D eigenvalue weighted by Crippen LogP contribution is 2.28. The van der Waals surface area contributed by atoms with E-state index in [-0.39, 0.29) is 22.1 Å². The number of halogens is 2. The fourth-order valence-corrected chi connectivity index (χ4v) is 4.01. The standard InChI is InChI=1S/C17H17F2NO5S2/c1-11-2-4-13(5-3-11)27(23,24)20-6-7-26-12-8-14(18)17(15(19)9-12)25-10-16(21)22/h2-5,8-9,20H,6-7,10H2,1H3,(H,21,22). The minimum Gasteiger partial charge on any atom is -0.479 e. The quantitative estimate of drug-likeness (QED) is 0.482. The summed E-state index contributed by atoms with van der Waals surface area (Å²) in [5.74, 6) is -3.94. The second-order valence-corrected chi connectivity index (χ2v) is 8.39. The maximum absolute atomic E-state index is 13.8. The van der Waals surface area contributed by atoms with E-state index in [0.29, 0.717) is 0 Å². The lowest BCUT2D eigenvalue weighted by Crippen LogP contribution is -2.26. The van der Waals surface area contributed by atoms with Gasteiger partial charge in [-0.15, -0.1) is 11.8 Å². The van der Waals surface area contributed by atoms with E-state index < -0.39 is 40.0 Å². The van der Waals surface area contributed by atoms with Crippen LogP contribution in [-0.4, -0.2) is 38.4 Å². The van der Waals surface area contributed by atoms with Crippen LogP contribution in [0.25, 0.3) is 0 Å². The van der Waals surface area contributed by atoms with E-state index >= 15 is 0 Å². The number of aryl methyl sites for hydroxylation is 1. The molecule has 0 amide bonds. The third-order valence-corrected chi connectivity index (χ3v) is 5.76. The zero-order chi connectivity index (χ0) is 20.0. The molecule has 0 radical (unpaired) electrons. The van der Waals surface area contributed by atoms with E-state index in [1.807, 2.05) is 6.92 Å². The summed E-state index contributed by atoms with van der Waals surface area (Å²) < 4.78 is 58.9. The van der Waals surface area contributed by atoms with E-state index in [9.17, 15) is 22.0 Å². The second kappa shape index (κ2) is 9.16. The van der Waals surface area contributed by atoms with E-state index in [1.54, 1.807) is 12.1 Å². The predicted octanol–water partition coefficient (Wildman–Crippen LogP) is 2.81. The summed E-state index contributed by atoms with van der Waals surface area (Å²) in [5.41, 5.74) is 0.935. The number of carboxylic acid groups (broad SMARTS) is 1. The van der Waals surface area contributed by atoms with Gasteiger partial charge in [0.05, 0.1) is 4.90 Å². The number of carboxylic acids is 1. The van der Waals surface area contributed by atoms with E-state index in [2.05, 4.69) is 9.46 Å². The number of nitrogens with one attached hydrogen (secondary N) is 1. The first-order valence-corrected chi connectivity index (χ1v) is 10.2. The summed E-state index contributed by atoms with van der Waals surface area (Å²) in [7, 11) is -3.66. The Morgan fingerprint density at radius 2 is 1.78 bits per heavy atom. The van der Waals surface area contributed by atoms with Gasteiger partial charge >= 0.3 is 5.97 Å². The molecule has 0 bridgehead atoms. The molecule has 0 aliphatic heterocycles. The Hall–Kier alpha value is -2.17. The second-order valence-electron chi connectivity index (χ2n) is 5.46. The Morgan fingerprint density at radius 3 is 2.33 bits per heavy atom.